The average molecular weight is 317 g/mol. The minimum atomic E-state index is 0.455. The Balaban J connectivity index is 1.92. The number of hydrogen-bond acceptors (Lipinski definition) is 3. The second kappa shape index (κ2) is 10.5. The Morgan fingerprint density at radius 2 is 2.00 bits per heavy atom. The summed E-state index contributed by atoms with van der Waals surface area (Å²) >= 11 is 1.71. The third-order valence-corrected chi connectivity index (χ3v) is 4.61. The third-order valence-electron chi connectivity index (χ3n) is 3.79. The predicted octanol–water partition coefficient (Wildman–Crippen LogP) is 5.84. The molecule has 22 heavy (non-hydrogen) atoms. The van der Waals surface area contributed by atoms with Crippen LogP contribution in [0.15, 0.2) is 51.7 Å². The zero-order valence-electron chi connectivity index (χ0n) is 13.5. The van der Waals surface area contributed by atoms with Gasteiger partial charge in [-0.25, -0.2) is 4.99 Å². The van der Waals surface area contributed by atoms with Crippen molar-refractivity contribution < 1.29 is 4.74 Å². The Morgan fingerprint density at radius 1 is 1.23 bits per heavy atom. The highest BCUT2D eigenvalue weighted by atomic mass is 32.2. The molecule has 0 unspecified atom stereocenters. The highest BCUT2D eigenvalue weighted by Gasteiger charge is 2.12. The molecule has 120 valence electrons. The number of benzene rings is 1. The van der Waals surface area contributed by atoms with Gasteiger partial charge in [-0.05, 0) is 36.8 Å². The summed E-state index contributed by atoms with van der Waals surface area (Å²) < 4.78 is 5.87. The molecule has 0 amide bonds. The quantitative estimate of drug-likeness (QED) is 0.273. The van der Waals surface area contributed by atoms with Crippen LogP contribution in [0.2, 0.25) is 0 Å². The van der Waals surface area contributed by atoms with E-state index in [1.807, 2.05) is 12.1 Å². The molecule has 1 fully saturated rings. The lowest BCUT2D eigenvalue weighted by Gasteiger charge is -2.18. The van der Waals surface area contributed by atoms with Crippen molar-refractivity contribution in [1.29, 1.82) is 0 Å². The first-order valence-corrected chi connectivity index (χ1v) is 9.35. The lowest BCUT2D eigenvalue weighted by atomic mass is 9.96. The molecule has 1 saturated carbocycles. The van der Waals surface area contributed by atoms with Gasteiger partial charge in [-0.1, -0.05) is 62.6 Å². The average Bonchev–Trinajstić information content (AvgIpc) is 2.57. The van der Waals surface area contributed by atoms with Gasteiger partial charge in [-0.15, -0.1) is 0 Å². The lowest BCUT2D eigenvalue weighted by molar-refractivity contribution is 0.293. The monoisotopic (exact) mass is 317 g/mol. The van der Waals surface area contributed by atoms with Gasteiger partial charge in [0, 0.05) is 11.0 Å². The molecule has 0 saturated heterocycles. The van der Waals surface area contributed by atoms with Crippen LogP contribution >= 0.6 is 11.8 Å². The van der Waals surface area contributed by atoms with Crippen molar-refractivity contribution in [2.75, 3.05) is 6.61 Å². The first-order valence-electron chi connectivity index (χ1n) is 8.47. The summed E-state index contributed by atoms with van der Waals surface area (Å²) in [5.41, 5.74) is 0. The third kappa shape index (κ3) is 6.69. The molecule has 0 heterocycles. The van der Waals surface area contributed by atoms with Crippen LogP contribution in [0.4, 0.5) is 0 Å². The van der Waals surface area contributed by atoms with Crippen molar-refractivity contribution >= 4 is 17.7 Å². The standard InChI is InChI=1S/C19H27NOS/c1-2-3-15-21-19(20-17-10-6-4-7-11-17)14-16-22-18-12-8-5-9-13-18/h5,8-9,12-14,16-17H,2-4,6-7,10-11,15H2,1H3. The Labute approximate surface area is 139 Å². The second-order valence-corrected chi connectivity index (χ2v) is 6.67. The van der Waals surface area contributed by atoms with Crippen molar-refractivity contribution in [3.8, 4) is 0 Å². The minimum Gasteiger partial charge on any atom is -0.478 e. The van der Waals surface area contributed by atoms with Crippen LogP contribution in [0.25, 0.3) is 0 Å². The summed E-state index contributed by atoms with van der Waals surface area (Å²) in [5.74, 6) is 0.809. The van der Waals surface area contributed by atoms with E-state index >= 15 is 0 Å². The topological polar surface area (TPSA) is 21.6 Å². The molecule has 0 atom stereocenters. The maximum Gasteiger partial charge on any atom is 0.209 e. The van der Waals surface area contributed by atoms with Crippen LogP contribution in [0.3, 0.4) is 0 Å². The molecule has 1 aromatic carbocycles. The highest BCUT2D eigenvalue weighted by molar-refractivity contribution is 8.02. The molecule has 0 spiro atoms. The summed E-state index contributed by atoms with van der Waals surface area (Å²) in [6, 6.07) is 10.8. The van der Waals surface area contributed by atoms with Gasteiger partial charge < -0.3 is 4.74 Å². The fourth-order valence-corrected chi connectivity index (χ4v) is 3.17. The van der Waals surface area contributed by atoms with Crippen LogP contribution < -0.4 is 0 Å². The summed E-state index contributed by atoms with van der Waals surface area (Å²) in [6.07, 6.45) is 10.7. The molecular formula is C19H27NOS. The van der Waals surface area contributed by atoms with E-state index in [0.717, 1.165) is 25.3 Å². The molecule has 0 aliphatic heterocycles. The SMILES string of the molecule is CCCCOC(C=CSc1ccccc1)=NC1CCCCC1. The Hall–Kier alpha value is -1.22. The number of unbranched alkanes of at least 4 members (excludes halogenated alkanes) is 1. The molecule has 0 bridgehead atoms. The van der Waals surface area contributed by atoms with Gasteiger partial charge in [0.05, 0.1) is 12.6 Å². The largest absolute Gasteiger partial charge is 0.478 e. The number of ether oxygens (including phenoxy) is 1. The van der Waals surface area contributed by atoms with Gasteiger partial charge in [0.15, 0.2) is 0 Å². The molecular weight excluding hydrogens is 290 g/mol. The van der Waals surface area contributed by atoms with Crippen molar-refractivity contribution in [3.05, 3.63) is 41.8 Å². The molecule has 0 aromatic heterocycles. The van der Waals surface area contributed by atoms with Crippen molar-refractivity contribution in [2.45, 2.75) is 62.8 Å². The molecule has 2 rings (SSSR count). The van der Waals surface area contributed by atoms with Gasteiger partial charge in [0.1, 0.15) is 0 Å². The van der Waals surface area contributed by atoms with Gasteiger partial charge in [-0.2, -0.15) is 0 Å². The van der Waals surface area contributed by atoms with Crippen molar-refractivity contribution in [2.24, 2.45) is 4.99 Å². The van der Waals surface area contributed by atoms with E-state index < -0.39 is 0 Å². The second-order valence-electron chi connectivity index (χ2n) is 5.69. The van der Waals surface area contributed by atoms with Crippen molar-refractivity contribution in [3.63, 3.8) is 0 Å². The first kappa shape index (κ1) is 17.1. The Morgan fingerprint density at radius 3 is 2.73 bits per heavy atom. The predicted molar refractivity (Wildman–Crippen MR) is 96.6 cm³/mol. The van der Waals surface area contributed by atoms with Crippen LogP contribution in [-0.4, -0.2) is 18.5 Å². The number of nitrogens with zero attached hydrogens (tertiary/aromatic N) is 1. The first-order chi connectivity index (χ1) is 10.9. The van der Waals surface area contributed by atoms with E-state index in [1.165, 1.54) is 37.0 Å². The van der Waals surface area contributed by atoms with Gasteiger partial charge >= 0.3 is 0 Å². The maximum absolute atomic E-state index is 5.87. The number of rotatable bonds is 7. The number of aliphatic imine (C=N–C) groups is 1. The smallest absolute Gasteiger partial charge is 0.209 e. The summed E-state index contributed by atoms with van der Waals surface area (Å²) in [4.78, 5) is 6.07. The van der Waals surface area contributed by atoms with E-state index in [0.29, 0.717) is 6.04 Å². The van der Waals surface area contributed by atoms with E-state index in [9.17, 15) is 0 Å². The zero-order chi connectivity index (χ0) is 15.5. The van der Waals surface area contributed by atoms with Crippen LogP contribution in [-0.2, 0) is 4.74 Å². The van der Waals surface area contributed by atoms with E-state index in [1.54, 1.807) is 11.8 Å². The minimum absolute atomic E-state index is 0.455. The Kier molecular flexibility index (Phi) is 8.18. The van der Waals surface area contributed by atoms with E-state index in [2.05, 4.69) is 36.6 Å². The fraction of sp³-hybridized carbons (Fsp3) is 0.526. The Bertz CT molecular complexity index is 464. The number of hydrogen-bond donors (Lipinski definition) is 0. The normalized spacial score (nSPS) is 17.0. The fourth-order valence-electron chi connectivity index (χ4n) is 2.51. The van der Waals surface area contributed by atoms with Crippen LogP contribution in [0, 0.1) is 0 Å². The van der Waals surface area contributed by atoms with Crippen LogP contribution in [0.1, 0.15) is 51.9 Å². The van der Waals surface area contributed by atoms with Crippen LogP contribution in [0.5, 0.6) is 0 Å². The molecule has 2 nitrogen and oxygen atoms in total. The van der Waals surface area contributed by atoms with Gasteiger partial charge in [0.25, 0.3) is 0 Å². The van der Waals surface area contributed by atoms with Gasteiger partial charge in [-0.3, -0.25) is 0 Å². The summed E-state index contributed by atoms with van der Waals surface area (Å²) in [5, 5.41) is 2.09. The lowest BCUT2D eigenvalue weighted by Crippen LogP contribution is -2.14. The summed E-state index contributed by atoms with van der Waals surface area (Å²) in [7, 11) is 0. The van der Waals surface area contributed by atoms with E-state index in [4.69, 9.17) is 9.73 Å². The molecule has 1 aromatic rings. The number of thioether (sulfide) groups is 1. The maximum atomic E-state index is 5.87. The van der Waals surface area contributed by atoms with Gasteiger partial charge in [0.2, 0.25) is 5.90 Å². The molecule has 0 N–H and O–H groups in total. The highest BCUT2D eigenvalue weighted by Crippen LogP contribution is 2.21. The zero-order valence-corrected chi connectivity index (χ0v) is 14.4. The molecule has 1 aliphatic carbocycles. The molecule has 1 aliphatic rings. The molecule has 0 radical (unpaired) electrons. The molecule has 3 heteroatoms. The van der Waals surface area contributed by atoms with E-state index in [-0.39, 0.29) is 0 Å². The summed E-state index contributed by atoms with van der Waals surface area (Å²) in [6.45, 7) is 2.95. The van der Waals surface area contributed by atoms with Crippen molar-refractivity contribution in [1.82, 2.24) is 0 Å².